The topological polar surface area (TPSA) is 163 Å². The number of nitrogens with one attached hydrogen (secondary N) is 2. The van der Waals surface area contributed by atoms with E-state index < -0.39 is 18.0 Å². The maximum Gasteiger partial charge on any atom is 0.326 e. The van der Waals surface area contributed by atoms with E-state index in [9.17, 15) is 19.5 Å². The molecule has 0 aliphatic heterocycles. The fraction of sp³-hybridized carbons (Fsp3) is 0.333. The van der Waals surface area contributed by atoms with E-state index in [0.29, 0.717) is 36.1 Å². The molecule has 2 aromatic carbocycles. The molecule has 218 valence electrons. The van der Waals surface area contributed by atoms with Gasteiger partial charge in [-0.05, 0) is 64.0 Å². The van der Waals surface area contributed by atoms with Gasteiger partial charge in [0, 0.05) is 12.1 Å². The fourth-order valence-electron chi connectivity index (χ4n) is 4.21. The summed E-state index contributed by atoms with van der Waals surface area (Å²) in [7, 11) is 0. The predicted octanol–water partition coefficient (Wildman–Crippen LogP) is 5.44. The number of aliphatic carboxylic acids is 2. The lowest BCUT2D eigenvalue weighted by Gasteiger charge is -2.15. The van der Waals surface area contributed by atoms with Crippen LogP contribution in [0, 0.1) is 0 Å². The number of unbranched alkanes of at least 4 members (excludes halogenated alkanes) is 1. The number of nitrogens with zero attached hydrogens (tertiary/aromatic N) is 2. The first-order valence-electron chi connectivity index (χ1n) is 13.5. The molecule has 0 aliphatic rings. The molecule has 1 atom stereocenters. The summed E-state index contributed by atoms with van der Waals surface area (Å²) in [6.07, 6.45) is 3.54. The van der Waals surface area contributed by atoms with E-state index in [1.165, 1.54) is 12.8 Å². The molecule has 0 saturated heterocycles. The minimum atomic E-state index is -1.11. The van der Waals surface area contributed by atoms with E-state index in [1.54, 1.807) is 12.1 Å². The molecular formula is C30H36BrN5O5. The number of hydrogen-bond acceptors (Lipinski definition) is 6. The molecule has 2 heterocycles. The van der Waals surface area contributed by atoms with E-state index in [2.05, 4.69) is 45.1 Å². The summed E-state index contributed by atoms with van der Waals surface area (Å²) in [5.41, 5.74) is 9.49. The van der Waals surface area contributed by atoms with E-state index in [4.69, 9.17) is 10.8 Å². The smallest absolute Gasteiger partial charge is 0.326 e. The lowest BCUT2D eigenvalue weighted by molar-refractivity contribution is -0.139. The number of carboxylic acid groups (broad SMARTS) is 2. The molecule has 0 radical (unpaired) electrons. The zero-order valence-corrected chi connectivity index (χ0v) is 24.8. The van der Waals surface area contributed by atoms with Gasteiger partial charge in [-0.3, -0.25) is 14.6 Å². The van der Waals surface area contributed by atoms with Gasteiger partial charge in [0.15, 0.2) is 5.65 Å². The molecule has 10 nitrogen and oxygen atoms in total. The first-order valence-corrected chi connectivity index (χ1v) is 14.3. The molecule has 0 saturated carbocycles. The highest BCUT2D eigenvalue weighted by Crippen LogP contribution is 2.30. The molecule has 11 heteroatoms. The zero-order valence-electron chi connectivity index (χ0n) is 23.2. The Hall–Kier alpha value is -4.12. The van der Waals surface area contributed by atoms with Gasteiger partial charge < -0.3 is 25.8 Å². The molecule has 2 aromatic heterocycles. The van der Waals surface area contributed by atoms with Crippen LogP contribution in [0.25, 0.3) is 11.0 Å². The summed E-state index contributed by atoms with van der Waals surface area (Å²) in [6.45, 7) is 4.88. The van der Waals surface area contributed by atoms with Crippen molar-refractivity contribution in [3.05, 3.63) is 86.2 Å². The first-order chi connectivity index (χ1) is 19.6. The van der Waals surface area contributed by atoms with Gasteiger partial charge in [0.1, 0.15) is 6.04 Å². The third-order valence-electron chi connectivity index (χ3n) is 6.55. The zero-order chi connectivity index (χ0) is 29.9. The largest absolute Gasteiger partial charge is 0.481 e. The summed E-state index contributed by atoms with van der Waals surface area (Å²) in [5.74, 6) is -2.10. The third-order valence-corrected chi connectivity index (χ3v) is 7.46. The van der Waals surface area contributed by atoms with E-state index in [1.807, 2.05) is 47.0 Å². The number of hydrogen-bond donors (Lipinski definition) is 5. The monoisotopic (exact) mass is 625 g/mol. The Labute approximate surface area is 246 Å². The Morgan fingerprint density at radius 3 is 2.27 bits per heavy atom. The fourth-order valence-corrected chi connectivity index (χ4v) is 4.90. The Morgan fingerprint density at radius 1 is 1.02 bits per heavy atom. The quantitative estimate of drug-likeness (QED) is 0.139. The van der Waals surface area contributed by atoms with Crippen molar-refractivity contribution < 1.29 is 19.8 Å². The lowest BCUT2D eigenvalue weighted by Crippen LogP contribution is -2.29. The molecule has 41 heavy (non-hydrogen) atoms. The Morgan fingerprint density at radius 2 is 1.68 bits per heavy atom. The highest BCUT2D eigenvalue weighted by Gasteiger charge is 2.21. The normalized spacial score (nSPS) is 11.5. The summed E-state index contributed by atoms with van der Waals surface area (Å²) >= 11 is 3.68. The number of halogens is 1. The van der Waals surface area contributed by atoms with Crippen molar-refractivity contribution in [3.8, 4) is 0 Å². The minimum absolute atomic E-state index is 0.0272. The first kappa shape index (κ1) is 31.4. The predicted molar refractivity (Wildman–Crippen MR) is 164 cm³/mol. The van der Waals surface area contributed by atoms with Gasteiger partial charge in [-0.2, -0.15) is 4.98 Å². The molecule has 0 fully saturated rings. The third kappa shape index (κ3) is 8.68. The maximum absolute atomic E-state index is 12.8. The molecule has 4 aromatic rings. The number of aromatic amines is 1. The van der Waals surface area contributed by atoms with E-state index in [0.717, 1.165) is 21.3 Å². The molecule has 6 N–H and O–H groups in total. The summed E-state index contributed by atoms with van der Waals surface area (Å²) < 4.78 is 2.69. The summed E-state index contributed by atoms with van der Waals surface area (Å²) in [6, 6.07) is 16.1. The van der Waals surface area contributed by atoms with Gasteiger partial charge in [0.25, 0.3) is 5.56 Å². The maximum atomic E-state index is 12.8. The van der Waals surface area contributed by atoms with Crippen molar-refractivity contribution in [2.75, 3.05) is 11.1 Å². The number of nitrogens with two attached hydrogens (primary N) is 1. The van der Waals surface area contributed by atoms with Crippen LogP contribution in [0.3, 0.4) is 0 Å². The van der Waals surface area contributed by atoms with Crippen LogP contribution >= 0.6 is 15.9 Å². The number of aryl methyl sites for hydroxylation is 2. The Bertz CT molecular complexity index is 1510. The van der Waals surface area contributed by atoms with Crippen LogP contribution in [0.5, 0.6) is 0 Å². The second kappa shape index (κ2) is 15.0. The molecular weight excluding hydrogens is 590 g/mol. The van der Waals surface area contributed by atoms with Crippen molar-refractivity contribution in [3.63, 3.8) is 0 Å². The molecule has 4 rings (SSSR count). The summed E-state index contributed by atoms with van der Waals surface area (Å²) in [5, 5.41) is 21.5. The average molecular weight is 627 g/mol. The molecule has 0 amide bonds. The van der Waals surface area contributed by atoms with Crippen molar-refractivity contribution >= 4 is 50.5 Å². The number of anilines is 2. The van der Waals surface area contributed by atoms with E-state index in [-0.39, 0.29) is 24.3 Å². The van der Waals surface area contributed by atoms with Gasteiger partial charge in [0.05, 0.1) is 16.5 Å². The molecule has 0 spiro atoms. The number of benzene rings is 2. The van der Waals surface area contributed by atoms with E-state index >= 15 is 0 Å². The van der Waals surface area contributed by atoms with Crippen LogP contribution in [-0.2, 0) is 29.0 Å². The second-order valence-electron chi connectivity index (χ2n) is 9.66. The SMILES string of the molecule is CCCC.Nc1nc2c(c(CCc3ccc(N[C@@H](CCC(=O)O)C(=O)O)cc3)c(Br)n2Cc2ccccc2)c(=O)[nH]1. The van der Waals surface area contributed by atoms with Crippen molar-refractivity contribution in [1.29, 1.82) is 0 Å². The van der Waals surface area contributed by atoms with Gasteiger partial charge in [-0.15, -0.1) is 0 Å². The number of H-pyrrole nitrogens is 1. The van der Waals surface area contributed by atoms with Crippen molar-refractivity contribution in [1.82, 2.24) is 14.5 Å². The molecule has 0 bridgehead atoms. The van der Waals surface area contributed by atoms with Crippen molar-refractivity contribution in [2.24, 2.45) is 0 Å². The number of aromatic nitrogens is 3. The lowest BCUT2D eigenvalue weighted by atomic mass is 10.0. The number of rotatable bonds is 12. The highest BCUT2D eigenvalue weighted by atomic mass is 79.9. The average Bonchev–Trinajstić information content (AvgIpc) is 3.21. The van der Waals surface area contributed by atoms with Crippen LogP contribution in [0.4, 0.5) is 11.6 Å². The van der Waals surface area contributed by atoms with Crippen LogP contribution < -0.4 is 16.6 Å². The number of nitrogen functional groups attached to an aromatic ring is 1. The standard InChI is InChI=1S/C26H26BrN5O5.C4H10/c27-22-18(11-8-15-6-9-17(10-7-15)29-19(25(36)37)12-13-20(33)34)21-23(30-26(28)31-24(21)35)32(22)14-16-4-2-1-3-5-16;1-3-4-2/h1-7,9-10,19,29H,8,11-14H2,(H,33,34)(H,36,37)(H3,28,30,31,35);3-4H2,1-2H3/t19-;/m0./s1. The second-order valence-corrected chi connectivity index (χ2v) is 10.4. The number of carbonyl (C=O) groups is 2. The summed E-state index contributed by atoms with van der Waals surface area (Å²) in [4.78, 5) is 42.1. The van der Waals surface area contributed by atoms with Crippen LogP contribution in [0.1, 0.15) is 56.2 Å². The van der Waals surface area contributed by atoms with Crippen LogP contribution in [0.2, 0.25) is 0 Å². The number of carboxylic acids is 2. The van der Waals surface area contributed by atoms with Gasteiger partial charge in [0.2, 0.25) is 5.95 Å². The van der Waals surface area contributed by atoms with Gasteiger partial charge in [-0.25, -0.2) is 4.79 Å². The Balaban J connectivity index is 0.00000108. The number of fused-ring (bicyclic) bond motifs is 1. The minimum Gasteiger partial charge on any atom is -0.481 e. The molecule has 0 unspecified atom stereocenters. The van der Waals surface area contributed by atoms with Crippen LogP contribution in [0.15, 0.2) is 64.0 Å². The molecule has 0 aliphatic carbocycles. The van der Waals surface area contributed by atoms with Crippen LogP contribution in [-0.4, -0.2) is 42.7 Å². The highest BCUT2D eigenvalue weighted by molar-refractivity contribution is 9.10. The van der Waals surface area contributed by atoms with Crippen molar-refractivity contribution in [2.45, 2.75) is 65.0 Å². The Kier molecular flexibility index (Phi) is 11.5. The van der Waals surface area contributed by atoms with Gasteiger partial charge in [-0.1, -0.05) is 69.2 Å². The van der Waals surface area contributed by atoms with Gasteiger partial charge >= 0.3 is 11.9 Å².